The minimum atomic E-state index is -5.07. The number of benzene rings is 7. The van der Waals surface area contributed by atoms with E-state index in [-0.39, 0.29) is 39.5 Å². The molecular formula is C46H26F6N2O2. The number of hydrogen-bond donors (Lipinski definition) is 0. The summed E-state index contributed by atoms with van der Waals surface area (Å²) in [5.41, 5.74) is 1.18. The maximum atomic E-state index is 15.1. The summed E-state index contributed by atoms with van der Waals surface area (Å²) in [6, 6.07) is 42.3. The summed E-state index contributed by atoms with van der Waals surface area (Å²) in [7, 11) is 0. The number of hydrogen-bond acceptors (Lipinski definition) is 2. The van der Waals surface area contributed by atoms with E-state index < -0.39 is 35.3 Å². The Kier molecular flexibility index (Phi) is 7.98. The minimum absolute atomic E-state index is 0.0388. The van der Waals surface area contributed by atoms with Crippen molar-refractivity contribution in [3.8, 4) is 39.1 Å². The lowest BCUT2D eigenvalue weighted by atomic mass is 9.95. The van der Waals surface area contributed by atoms with Gasteiger partial charge < -0.3 is 4.57 Å². The van der Waals surface area contributed by atoms with Gasteiger partial charge in [-0.25, -0.2) is 4.90 Å². The average molecular weight is 753 g/mol. The second kappa shape index (κ2) is 12.8. The minimum Gasteiger partial charge on any atom is -0.308 e. The monoisotopic (exact) mass is 752 g/mol. The molecule has 0 N–H and O–H groups in total. The molecule has 0 spiro atoms. The van der Waals surface area contributed by atoms with Crippen LogP contribution in [0.25, 0.3) is 60.9 Å². The molecule has 7 aromatic carbocycles. The van der Waals surface area contributed by atoms with E-state index in [1.54, 1.807) is 59.2 Å². The van der Waals surface area contributed by atoms with E-state index in [0.29, 0.717) is 45.2 Å². The van der Waals surface area contributed by atoms with E-state index in [2.05, 4.69) is 0 Å². The van der Waals surface area contributed by atoms with Crippen molar-refractivity contribution in [3.63, 3.8) is 0 Å². The van der Waals surface area contributed by atoms with Gasteiger partial charge in [0.2, 0.25) is 0 Å². The molecule has 0 unspecified atom stereocenters. The largest absolute Gasteiger partial charge is 0.416 e. The molecule has 8 aromatic rings. The molecule has 0 bridgehead atoms. The van der Waals surface area contributed by atoms with Gasteiger partial charge in [-0.15, -0.1) is 0 Å². The Hall–Kier alpha value is -6.94. The number of anilines is 1. The van der Waals surface area contributed by atoms with Crippen LogP contribution >= 0.6 is 0 Å². The van der Waals surface area contributed by atoms with Gasteiger partial charge in [0.15, 0.2) is 0 Å². The van der Waals surface area contributed by atoms with E-state index in [1.807, 2.05) is 78.9 Å². The van der Waals surface area contributed by atoms with Crippen molar-refractivity contribution in [2.24, 2.45) is 0 Å². The van der Waals surface area contributed by atoms with Crippen molar-refractivity contribution in [2.75, 3.05) is 4.90 Å². The molecule has 274 valence electrons. The number of rotatable bonds is 5. The van der Waals surface area contributed by atoms with Crippen LogP contribution < -0.4 is 4.90 Å². The first-order valence-electron chi connectivity index (χ1n) is 17.5. The van der Waals surface area contributed by atoms with Crippen molar-refractivity contribution >= 4 is 39.3 Å². The fourth-order valence-electron chi connectivity index (χ4n) is 7.75. The number of alkyl halides is 6. The highest BCUT2D eigenvalue weighted by atomic mass is 19.4. The van der Waals surface area contributed by atoms with Gasteiger partial charge >= 0.3 is 12.4 Å². The molecule has 9 rings (SSSR count). The van der Waals surface area contributed by atoms with Crippen molar-refractivity contribution in [1.82, 2.24) is 4.57 Å². The zero-order chi connectivity index (χ0) is 38.9. The highest BCUT2D eigenvalue weighted by molar-refractivity contribution is 6.37. The van der Waals surface area contributed by atoms with Gasteiger partial charge in [0.25, 0.3) is 11.8 Å². The van der Waals surface area contributed by atoms with Gasteiger partial charge in [0, 0.05) is 27.5 Å². The van der Waals surface area contributed by atoms with Gasteiger partial charge in [0.05, 0.1) is 44.7 Å². The number of nitrogens with zero attached hydrogens (tertiary/aromatic N) is 2. The van der Waals surface area contributed by atoms with Gasteiger partial charge in [-0.2, -0.15) is 26.3 Å². The predicted molar refractivity (Wildman–Crippen MR) is 205 cm³/mol. The molecule has 0 saturated heterocycles. The number of carbonyl (C=O) groups excluding carboxylic acids is 2. The van der Waals surface area contributed by atoms with Crippen LogP contribution in [0.2, 0.25) is 0 Å². The lowest BCUT2D eigenvalue weighted by Crippen LogP contribution is -2.30. The first-order chi connectivity index (χ1) is 26.9. The smallest absolute Gasteiger partial charge is 0.308 e. The lowest BCUT2D eigenvalue weighted by molar-refractivity contribution is -0.143. The fraction of sp³-hybridized carbons (Fsp3) is 0.0435. The third kappa shape index (κ3) is 5.56. The Morgan fingerprint density at radius 2 is 0.929 bits per heavy atom. The third-order valence-corrected chi connectivity index (χ3v) is 10.2. The molecule has 56 heavy (non-hydrogen) atoms. The van der Waals surface area contributed by atoms with Crippen LogP contribution in [0.5, 0.6) is 0 Å². The molecule has 1 aliphatic rings. The van der Waals surface area contributed by atoms with Crippen LogP contribution in [-0.2, 0) is 12.4 Å². The molecule has 0 saturated carbocycles. The normalized spacial score (nSPS) is 13.2. The lowest BCUT2D eigenvalue weighted by Gasteiger charge is -2.23. The summed E-state index contributed by atoms with van der Waals surface area (Å²) in [5.74, 6) is -1.22. The first kappa shape index (κ1) is 34.8. The van der Waals surface area contributed by atoms with Gasteiger partial charge in [-0.3, -0.25) is 9.59 Å². The number of aromatic nitrogens is 1. The van der Waals surface area contributed by atoms with Crippen molar-refractivity contribution in [1.29, 1.82) is 0 Å². The number of imide groups is 1. The quantitative estimate of drug-likeness (QED) is 0.130. The molecule has 0 fully saturated rings. The van der Waals surface area contributed by atoms with Crippen LogP contribution in [0.1, 0.15) is 31.8 Å². The Labute approximate surface area is 315 Å². The number of halogens is 6. The maximum Gasteiger partial charge on any atom is 0.416 e. The molecule has 0 atom stereocenters. The predicted octanol–water partition coefficient (Wildman–Crippen LogP) is 12.6. The summed E-state index contributed by atoms with van der Waals surface area (Å²) < 4.78 is 86.3. The number of amides is 2. The van der Waals surface area contributed by atoms with E-state index in [0.717, 1.165) is 16.0 Å². The Morgan fingerprint density at radius 3 is 1.54 bits per heavy atom. The van der Waals surface area contributed by atoms with E-state index in [1.165, 1.54) is 6.07 Å². The topological polar surface area (TPSA) is 42.3 Å². The van der Waals surface area contributed by atoms with Crippen LogP contribution in [-0.4, -0.2) is 16.4 Å². The van der Waals surface area contributed by atoms with Crippen LogP contribution in [0.15, 0.2) is 158 Å². The Morgan fingerprint density at radius 1 is 0.429 bits per heavy atom. The summed E-state index contributed by atoms with van der Waals surface area (Å²) in [6.45, 7) is 0. The summed E-state index contributed by atoms with van der Waals surface area (Å²) in [5, 5.41) is 1.16. The van der Waals surface area contributed by atoms with Crippen LogP contribution in [0.4, 0.5) is 32.0 Å². The average Bonchev–Trinajstić information content (AvgIpc) is 3.68. The second-order valence-corrected chi connectivity index (χ2v) is 13.4. The molecule has 2 amide bonds. The van der Waals surface area contributed by atoms with Crippen molar-refractivity contribution in [3.05, 3.63) is 180 Å². The molecule has 0 radical (unpaired) electrons. The molecule has 0 aliphatic carbocycles. The second-order valence-electron chi connectivity index (χ2n) is 13.4. The third-order valence-electron chi connectivity index (χ3n) is 10.2. The number of para-hydroxylation sites is 3. The molecule has 1 aliphatic heterocycles. The maximum absolute atomic E-state index is 15.1. The van der Waals surface area contributed by atoms with E-state index >= 15 is 4.79 Å². The molecule has 1 aromatic heterocycles. The van der Waals surface area contributed by atoms with Gasteiger partial charge in [-0.05, 0) is 53.1 Å². The van der Waals surface area contributed by atoms with Crippen LogP contribution in [0, 0.1) is 0 Å². The van der Waals surface area contributed by atoms with Crippen molar-refractivity contribution < 1.29 is 35.9 Å². The SMILES string of the molecule is O=C1c2cccc(-n3c4ccccc4c4cccc(-c5cc(C(F)(F)F)cc(C(F)(F)F)c5)c43)c2C(=O)N1c1c(-c2ccccc2)cccc1-c1ccccc1. The molecule has 4 nitrogen and oxygen atoms in total. The summed E-state index contributed by atoms with van der Waals surface area (Å²) in [4.78, 5) is 30.9. The van der Waals surface area contributed by atoms with Crippen molar-refractivity contribution in [2.45, 2.75) is 12.4 Å². The Bertz CT molecular complexity index is 2790. The fourth-order valence-corrected chi connectivity index (χ4v) is 7.75. The molecular weight excluding hydrogens is 727 g/mol. The zero-order valence-corrected chi connectivity index (χ0v) is 29.0. The summed E-state index contributed by atoms with van der Waals surface area (Å²) >= 11 is 0. The molecule has 10 heteroatoms. The van der Waals surface area contributed by atoms with Gasteiger partial charge in [-0.1, -0.05) is 121 Å². The highest BCUT2D eigenvalue weighted by Crippen LogP contribution is 2.46. The number of fused-ring (bicyclic) bond motifs is 4. The van der Waals surface area contributed by atoms with E-state index in [4.69, 9.17) is 0 Å². The summed E-state index contributed by atoms with van der Waals surface area (Å²) in [6.07, 6.45) is -10.1. The molecule has 2 heterocycles. The Balaban J connectivity index is 1.32. The van der Waals surface area contributed by atoms with E-state index in [9.17, 15) is 31.1 Å². The first-order valence-corrected chi connectivity index (χ1v) is 17.5. The highest BCUT2D eigenvalue weighted by Gasteiger charge is 2.42. The van der Waals surface area contributed by atoms with Crippen LogP contribution in [0.3, 0.4) is 0 Å². The standard InChI is InChI=1S/C46H26F6N2O2/c47-45(48,49)30-24-29(25-31(26-30)46(50,51)52)34-19-10-20-36-35-16-7-8-22-38(35)53(42(34)36)39-23-11-21-37-40(39)44(56)54(43(37)55)41-32(27-12-3-1-4-13-27)17-9-18-33(41)28-14-5-2-6-15-28/h1-26H. The van der Waals surface area contributed by atoms with Gasteiger partial charge in [0.1, 0.15) is 0 Å². The zero-order valence-electron chi connectivity index (χ0n) is 29.0. The number of carbonyl (C=O) groups is 2.